The molecule has 2 aromatic rings. The maximum atomic E-state index is 13.2. The van der Waals surface area contributed by atoms with Crippen LogP contribution in [0.4, 0.5) is 10.1 Å². The van der Waals surface area contributed by atoms with Crippen LogP contribution >= 0.6 is 0 Å². The van der Waals surface area contributed by atoms with E-state index in [1.807, 2.05) is 6.07 Å². The van der Waals surface area contributed by atoms with Crippen molar-refractivity contribution in [2.24, 2.45) is 5.73 Å². The first-order valence-electron chi connectivity index (χ1n) is 5.55. The van der Waals surface area contributed by atoms with Crippen molar-refractivity contribution >= 4 is 11.6 Å². The van der Waals surface area contributed by atoms with E-state index in [9.17, 15) is 9.18 Å². The molecule has 0 fully saturated rings. The van der Waals surface area contributed by atoms with Gasteiger partial charge in [-0.3, -0.25) is 4.79 Å². The normalized spacial score (nSPS) is 10.1. The maximum absolute atomic E-state index is 13.2. The van der Waals surface area contributed by atoms with Gasteiger partial charge < -0.3 is 11.1 Å². The molecule has 0 aliphatic heterocycles. The number of hydrogen-bond donors (Lipinski definition) is 2. The Balaban J connectivity index is 2.17. The van der Waals surface area contributed by atoms with Crippen molar-refractivity contribution in [1.82, 2.24) is 0 Å². The van der Waals surface area contributed by atoms with Crippen LogP contribution in [0.1, 0.15) is 15.9 Å². The summed E-state index contributed by atoms with van der Waals surface area (Å²) in [4.78, 5) is 11.9. The second kappa shape index (κ2) is 5.42. The number of halogens is 1. The standard InChI is InChI=1S/C14H13FN2O/c15-13-7-6-12(8-11(13)9-16)17-14(18)10-4-2-1-3-5-10/h1-8H,9,16H2,(H,17,18). The van der Waals surface area contributed by atoms with Gasteiger partial charge in [0.2, 0.25) is 0 Å². The quantitative estimate of drug-likeness (QED) is 0.871. The van der Waals surface area contributed by atoms with Crippen LogP contribution in [0.5, 0.6) is 0 Å². The molecule has 0 radical (unpaired) electrons. The molecule has 4 heteroatoms. The number of nitrogens with one attached hydrogen (secondary N) is 1. The van der Waals surface area contributed by atoms with E-state index in [-0.39, 0.29) is 18.3 Å². The van der Waals surface area contributed by atoms with Crippen LogP contribution in [0.3, 0.4) is 0 Å². The Bertz CT molecular complexity index is 555. The highest BCUT2D eigenvalue weighted by molar-refractivity contribution is 6.04. The maximum Gasteiger partial charge on any atom is 0.255 e. The third-order valence-corrected chi connectivity index (χ3v) is 2.56. The molecule has 3 N–H and O–H groups in total. The van der Waals surface area contributed by atoms with E-state index >= 15 is 0 Å². The van der Waals surface area contributed by atoms with E-state index in [2.05, 4.69) is 5.32 Å². The smallest absolute Gasteiger partial charge is 0.255 e. The third kappa shape index (κ3) is 2.73. The van der Waals surface area contributed by atoms with Crippen molar-refractivity contribution in [2.45, 2.75) is 6.54 Å². The molecular weight excluding hydrogens is 231 g/mol. The largest absolute Gasteiger partial charge is 0.326 e. The number of carbonyl (C=O) groups excluding carboxylic acids is 1. The van der Waals surface area contributed by atoms with Gasteiger partial charge in [0.15, 0.2) is 0 Å². The van der Waals surface area contributed by atoms with Gasteiger partial charge in [-0.2, -0.15) is 0 Å². The van der Waals surface area contributed by atoms with Gasteiger partial charge in [-0.1, -0.05) is 18.2 Å². The van der Waals surface area contributed by atoms with Crippen molar-refractivity contribution in [3.05, 3.63) is 65.5 Å². The van der Waals surface area contributed by atoms with Gasteiger partial charge in [0.25, 0.3) is 5.91 Å². The topological polar surface area (TPSA) is 55.1 Å². The lowest BCUT2D eigenvalue weighted by molar-refractivity contribution is 0.102. The molecule has 2 aromatic carbocycles. The van der Waals surface area contributed by atoms with Crippen LogP contribution in [-0.2, 0) is 6.54 Å². The van der Waals surface area contributed by atoms with Gasteiger partial charge in [0.1, 0.15) is 5.82 Å². The fraction of sp³-hybridized carbons (Fsp3) is 0.0714. The Labute approximate surface area is 104 Å². The second-order valence-electron chi connectivity index (χ2n) is 3.83. The molecule has 0 bridgehead atoms. The number of amides is 1. The van der Waals surface area contributed by atoms with Crippen LogP contribution in [0.25, 0.3) is 0 Å². The van der Waals surface area contributed by atoms with E-state index in [1.54, 1.807) is 24.3 Å². The Morgan fingerprint density at radius 1 is 1.17 bits per heavy atom. The van der Waals surface area contributed by atoms with Gasteiger partial charge in [-0.05, 0) is 30.3 Å². The molecule has 18 heavy (non-hydrogen) atoms. The van der Waals surface area contributed by atoms with Crippen molar-refractivity contribution in [3.63, 3.8) is 0 Å². The minimum atomic E-state index is -0.366. The van der Waals surface area contributed by atoms with E-state index in [0.29, 0.717) is 16.8 Å². The Morgan fingerprint density at radius 3 is 2.56 bits per heavy atom. The van der Waals surface area contributed by atoms with Gasteiger partial charge in [0, 0.05) is 23.4 Å². The second-order valence-corrected chi connectivity index (χ2v) is 3.83. The number of anilines is 1. The van der Waals surface area contributed by atoms with Crippen molar-refractivity contribution in [2.75, 3.05) is 5.32 Å². The minimum Gasteiger partial charge on any atom is -0.326 e. The summed E-state index contributed by atoms with van der Waals surface area (Å²) in [7, 11) is 0. The van der Waals surface area contributed by atoms with Gasteiger partial charge in [-0.15, -0.1) is 0 Å². The predicted octanol–water partition coefficient (Wildman–Crippen LogP) is 2.54. The number of hydrogen-bond acceptors (Lipinski definition) is 2. The number of rotatable bonds is 3. The monoisotopic (exact) mass is 244 g/mol. The predicted molar refractivity (Wildman–Crippen MR) is 68.7 cm³/mol. The first-order valence-corrected chi connectivity index (χ1v) is 5.55. The lowest BCUT2D eigenvalue weighted by Crippen LogP contribution is -2.12. The first kappa shape index (κ1) is 12.3. The highest BCUT2D eigenvalue weighted by atomic mass is 19.1. The summed E-state index contributed by atoms with van der Waals surface area (Å²) >= 11 is 0. The van der Waals surface area contributed by atoms with Crippen LogP contribution < -0.4 is 11.1 Å². The van der Waals surface area contributed by atoms with E-state index in [1.165, 1.54) is 18.2 Å². The van der Waals surface area contributed by atoms with Gasteiger partial charge in [0.05, 0.1) is 0 Å². The summed E-state index contributed by atoms with van der Waals surface area (Å²) in [5.74, 6) is -0.597. The van der Waals surface area contributed by atoms with Crippen LogP contribution in [0, 0.1) is 5.82 Å². The first-order chi connectivity index (χ1) is 8.70. The molecule has 1 amide bonds. The molecule has 0 saturated heterocycles. The van der Waals surface area contributed by atoms with E-state index in [0.717, 1.165) is 0 Å². The molecule has 92 valence electrons. The number of carbonyl (C=O) groups is 1. The molecular formula is C14H13FN2O. The molecule has 0 saturated carbocycles. The highest BCUT2D eigenvalue weighted by Crippen LogP contribution is 2.15. The molecule has 0 heterocycles. The summed E-state index contributed by atoms with van der Waals surface area (Å²) in [6.45, 7) is 0.0981. The summed E-state index contributed by atoms with van der Waals surface area (Å²) in [6, 6.07) is 13.2. The minimum absolute atomic E-state index is 0.0981. The summed E-state index contributed by atoms with van der Waals surface area (Å²) in [5, 5.41) is 2.70. The Hall–Kier alpha value is -2.20. The zero-order valence-electron chi connectivity index (χ0n) is 9.69. The SMILES string of the molecule is NCc1cc(NC(=O)c2ccccc2)ccc1F. The Kier molecular flexibility index (Phi) is 3.69. The zero-order valence-corrected chi connectivity index (χ0v) is 9.69. The van der Waals surface area contributed by atoms with E-state index in [4.69, 9.17) is 5.73 Å². The van der Waals surface area contributed by atoms with E-state index < -0.39 is 0 Å². The number of benzene rings is 2. The van der Waals surface area contributed by atoms with Gasteiger partial charge >= 0.3 is 0 Å². The summed E-state index contributed by atoms with van der Waals surface area (Å²) in [6.07, 6.45) is 0. The van der Waals surface area contributed by atoms with Crippen molar-refractivity contribution in [1.29, 1.82) is 0 Å². The molecule has 0 aliphatic rings. The molecule has 3 nitrogen and oxygen atoms in total. The molecule has 0 atom stereocenters. The molecule has 2 rings (SSSR count). The van der Waals surface area contributed by atoms with Crippen LogP contribution in [0.15, 0.2) is 48.5 Å². The lowest BCUT2D eigenvalue weighted by atomic mass is 10.1. The fourth-order valence-electron chi connectivity index (χ4n) is 1.60. The fourth-order valence-corrected chi connectivity index (χ4v) is 1.60. The van der Waals surface area contributed by atoms with Crippen molar-refractivity contribution in [3.8, 4) is 0 Å². The number of nitrogens with two attached hydrogens (primary N) is 1. The Morgan fingerprint density at radius 2 is 1.89 bits per heavy atom. The summed E-state index contributed by atoms with van der Waals surface area (Å²) in [5.41, 5.74) is 6.87. The summed E-state index contributed by atoms with van der Waals surface area (Å²) < 4.78 is 13.2. The van der Waals surface area contributed by atoms with Gasteiger partial charge in [-0.25, -0.2) is 4.39 Å². The highest BCUT2D eigenvalue weighted by Gasteiger charge is 2.07. The zero-order chi connectivity index (χ0) is 13.0. The average molecular weight is 244 g/mol. The third-order valence-electron chi connectivity index (χ3n) is 2.56. The molecule has 0 unspecified atom stereocenters. The molecule has 0 aromatic heterocycles. The van der Waals surface area contributed by atoms with Crippen molar-refractivity contribution < 1.29 is 9.18 Å². The molecule has 0 aliphatic carbocycles. The molecule has 0 spiro atoms. The lowest BCUT2D eigenvalue weighted by Gasteiger charge is -2.07. The average Bonchev–Trinajstić information content (AvgIpc) is 2.42. The van der Waals surface area contributed by atoms with Crippen LogP contribution in [-0.4, -0.2) is 5.91 Å². The van der Waals surface area contributed by atoms with Crippen LogP contribution in [0.2, 0.25) is 0 Å².